The fourth-order valence-corrected chi connectivity index (χ4v) is 2.04. The van der Waals surface area contributed by atoms with Gasteiger partial charge in [0.05, 0.1) is 10.6 Å². The lowest BCUT2D eigenvalue weighted by atomic mass is 10.2. The Labute approximate surface area is 107 Å². The first-order valence-corrected chi connectivity index (χ1v) is 5.97. The fraction of sp³-hybridized carbons (Fsp3) is 0.364. The number of hydrogen-bond donors (Lipinski definition) is 1. The summed E-state index contributed by atoms with van der Waals surface area (Å²) in [5, 5.41) is 0. The SMILES string of the molecule is NC[C@H]1CN(c2ccc(Br)c(F)c2)C(C=O)O1. The van der Waals surface area contributed by atoms with Crippen LogP contribution >= 0.6 is 15.9 Å². The van der Waals surface area contributed by atoms with Crippen molar-refractivity contribution in [2.24, 2.45) is 5.73 Å². The van der Waals surface area contributed by atoms with E-state index >= 15 is 0 Å². The maximum absolute atomic E-state index is 13.4. The van der Waals surface area contributed by atoms with Gasteiger partial charge in [-0.25, -0.2) is 4.39 Å². The predicted molar refractivity (Wildman–Crippen MR) is 65.2 cm³/mol. The van der Waals surface area contributed by atoms with Gasteiger partial charge in [-0.05, 0) is 34.1 Å². The highest BCUT2D eigenvalue weighted by molar-refractivity contribution is 9.10. The number of rotatable bonds is 3. The molecule has 1 aromatic carbocycles. The number of carbonyl (C=O) groups is 1. The van der Waals surface area contributed by atoms with E-state index < -0.39 is 6.23 Å². The van der Waals surface area contributed by atoms with Crippen molar-refractivity contribution in [2.75, 3.05) is 18.0 Å². The Morgan fingerprint density at radius 2 is 2.41 bits per heavy atom. The standard InChI is InChI=1S/C11H12BrFN2O2/c12-9-2-1-7(3-10(9)13)15-5-8(4-14)17-11(15)6-16/h1-3,6,8,11H,4-5,14H2/t8-,11?/m0/s1. The molecule has 1 unspecified atom stereocenters. The van der Waals surface area contributed by atoms with E-state index in [1.807, 2.05) is 0 Å². The number of nitrogens with zero attached hydrogens (tertiary/aromatic N) is 1. The number of halogens is 2. The molecule has 92 valence electrons. The number of aldehydes is 1. The molecule has 17 heavy (non-hydrogen) atoms. The second-order valence-corrected chi connectivity index (χ2v) is 4.63. The van der Waals surface area contributed by atoms with E-state index in [1.165, 1.54) is 6.07 Å². The van der Waals surface area contributed by atoms with Crippen molar-refractivity contribution in [3.63, 3.8) is 0 Å². The van der Waals surface area contributed by atoms with Gasteiger partial charge in [-0.2, -0.15) is 0 Å². The van der Waals surface area contributed by atoms with Crippen LogP contribution in [0.3, 0.4) is 0 Å². The summed E-state index contributed by atoms with van der Waals surface area (Å²) in [6.45, 7) is 0.820. The zero-order valence-corrected chi connectivity index (χ0v) is 10.6. The summed E-state index contributed by atoms with van der Waals surface area (Å²) in [5.41, 5.74) is 6.11. The molecule has 0 spiro atoms. The van der Waals surface area contributed by atoms with Crippen LogP contribution in [-0.2, 0) is 9.53 Å². The molecular weight excluding hydrogens is 291 g/mol. The van der Waals surface area contributed by atoms with Crippen molar-refractivity contribution >= 4 is 27.9 Å². The number of ether oxygens (including phenoxy) is 1. The summed E-state index contributed by atoms with van der Waals surface area (Å²) in [6, 6.07) is 4.69. The van der Waals surface area contributed by atoms with E-state index in [9.17, 15) is 9.18 Å². The summed E-state index contributed by atoms with van der Waals surface area (Å²) in [4.78, 5) is 12.6. The van der Waals surface area contributed by atoms with E-state index in [0.29, 0.717) is 29.5 Å². The summed E-state index contributed by atoms with van der Waals surface area (Å²) < 4.78 is 19.2. The van der Waals surface area contributed by atoms with Crippen molar-refractivity contribution in [1.29, 1.82) is 0 Å². The molecule has 0 aliphatic carbocycles. The van der Waals surface area contributed by atoms with Gasteiger partial charge < -0.3 is 15.4 Å². The van der Waals surface area contributed by atoms with Gasteiger partial charge in [-0.1, -0.05) is 0 Å². The van der Waals surface area contributed by atoms with Gasteiger partial charge in [0, 0.05) is 18.8 Å². The minimum atomic E-state index is -0.691. The van der Waals surface area contributed by atoms with Crippen LogP contribution in [0.15, 0.2) is 22.7 Å². The summed E-state index contributed by atoms with van der Waals surface area (Å²) in [6.07, 6.45) is -0.198. The third-order valence-corrected chi connectivity index (χ3v) is 3.30. The first-order valence-electron chi connectivity index (χ1n) is 5.18. The van der Waals surface area contributed by atoms with Crippen molar-refractivity contribution in [2.45, 2.75) is 12.3 Å². The minimum Gasteiger partial charge on any atom is -0.345 e. The first-order chi connectivity index (χ1) is 8.15. The highest BCUT2D eigenvalue weighted by Gasteiger charge is 2.32. The average Bonchev–Trinajstić information content (AvgIpc) is 2.76. The lowest BCUT2D eigenvalue weighted by molar-refractivity contribution is -0.117. The molecule has 0 bridgehead atoms. The zero-order chi connectivity index (χ0) is 12.4. The highest BCUT2D eigenvalue weighted by Crippen LogP contribution is 2.27. The fourth-order valence-electron chi connectivity index (χ4n) is 1.79. The molecule has 0 saturated carbocycles. The van der Waals surface area contributed by atoms with Crippen LogP contribution in [0, 0.1) is 5.82 Å². The molecule has 0 radical (unpaired) electrons. The average molecular weight is 303 g/mol. The van der Waals surface area contributed by atoms with Crippen LogP contribution in [0.5, 0.6) is 0 Å². The number of nitrogens with two attached hydrogens (primary N) is 1. The number of carbonyl (C=O) groups excluding carboxylic acids is 1. The lowest BCUT2D eigenvalue weighted by Crippen LogP contribution is -2.31. The van der Waals surface area contributed by atoms with Gasteiger partial charge in [0.2, 0.25) is 0 Å². The maximum Gasteiger partial charge on any atom is 0.187 e. The maximum atomic E-state index is 13.4. The second kappa shape index (κ2) is 5.12. The molecule has 4 nitrogen and oxygen atoms in total. The molecule has 2 atom stereocenters. The molecule has 1 heterocycles. The Hall–Kier alpha value is -0.980. The van der Waals surface area contributed by atoms with Crippen LogP contribution in [0.1, 0.15) is 0 Å². The van der Waals surface area contributed by atoms with Crippen LogP contribution in [0.4, 0.5) is 10.1 Å². The minimum absolute atomic E-state index is 0.197. The quantitative estimate of drug-likeness (QED) is 0.855. The Morgan fingerprint density at radius 1 is 1.65 bits per heavy atom. The Balaban J connectivity index is 2.25. The van der Waals surface area contributed by atoms with Gasteiger partial charge >= 0.3 is 0 Å². The van der Waals surface area contributed by atoms with E-state index in [0.717, 1.165) is 0 Å². The Bertz CT molecular complexity index is 430. The van der Waals surface area contributed by atoms with Gasteiger partial charge in [0.15, 0.2) is 12.5 Å². The van der Waals surface area contributed by atoms with E-state index in [-0.39, 0.29) is 11.9 Å². The topological polar surface area (TPSA) is 55.6 Å². The second-order valence-electron chi connectivity index (χ2n) is 3.77. The van der Waals surface area contributed by atoms with E-state index in [4.69, 9.17) is 10.5 Å². The van der Waals surface area contributed by atoms with Crippen molar-refractivity contribution in [3.8, 4) is 0 Å². The van der Waals surface area contributed by atoms with Crippen LogP contribution < -0.4 is 10.6 Å². The van der Waals surface area contributed by atoms with Crippen LogP contribution in [0.25, 0.3) is 0 Å². The number of hydrogen-bond acceptors (Lipinski definition) is 4. The number of benzene rings is 1. The van der Waals surface area contributed by atoms with Gasteiger partial charge in [0.25, 0.3) is 0 Å². The van der Waals surface area contributed by atoms with Gasteiger partial charge in [-0.15, -0.1) is 0 Å². The normalized spacial score (nSPS) is 24.1. The third-order valence-electron chi connectivity index (χ3n) is 2.65. The van der Waals surface area contributed by atoms with Crippen LogP contribution in [0.2, 0.25) is 0 Å². The number of anilines is 1. The molecule has 1 aliphatic rings. The predicted octanol–water partition coefficient (Wildman–Crippen LogP) is 1.28. The molecular formula is C11H12BrFN2O2. The van der Waals surface area contributed by atoms with Crippen LogP contribution in [-0.4, -0.2) is 31.7 Å². The molecule has 1 fully saturated rings. The summed E-state index contributed by atoms with van der Waals surface area (Å²) >= 11 is 3.08. The Morgan fingerprint density at radius 3 is 3.00 bits per heavy atom. The monoisotopic (exact) mass is 302 g/mol. The zero-order valence-electron chi connectivity index (χ0n) is 8.98. The Kier molecular flexibility index (Phi) is 3.76. The molecule has 0 amide bonds. The van der Waals surface area contributed by atoms with Crippen molar-refractivity contribution in [1.82, 2.24) is 0 Å². The smallest absolute Gasteiger partial charge is 0.187 e. The van der Waals surface area contributed by atoms with E-state index in [1.54, 1.807) is 17.0 Å². The first kappa shape index (κ1) is 12.5. The van der Waals surface area contributed by atoms with Crippen molar-refractivity contribution in [3.05, 3.63) is 28.5 Å². The van der Waals surface area contributed by atoms with Gasteiger partial charge in [0.1, 0.15) is 5.82 Å². The molecule has 6 heteroatoms. The summed E-state index contributed by atoms with van der Waals surface area (Å²) in [5.74, 6) is -0.372. The molecule has 2 rings (SSSR count). The van der Waals surface area contributed by atoms with Crippen molar-refractivity contribution < 1.29 is 13.9 Å². The molecule has 0 aromatic heterocycles. The third kappa shape index (κ3) is 2.48. The molecule has 1 aromatic rings. The largest absolute Gasteiger partial charge is 0.345 e. The van der Waals surface area contributed by atoms with E-state index in [2.05, 4.69) is 15.9 Å². The summed E-state index contributed by atoms with van der Waals surface area (Å²) in [7, 11) is 0. The molecule has 1 aliphatic heterocycles. The van der Waals surface area contributed by atoms with Gasteiger partial charge in [-0.3, -0.25) is 4.79 Å². The molecule has 2 N–H and O–H groups in total. The highest BCUT2D eigenvalue weighted by atomic mass is 79.9. The lowest BCUT2D eigenvalue weighted by Gasteiger charge is -2.20. The molecule has 1 saturated heterocycles.